The second-order valence-electron chi connectivity index (χ2n) is 7.75. The molecule has 0 aromatic carbocycles. The molecular weight excluding hydrogens is 326 g/mol. The second kappa shape index (κ2) is 11.2. The van der Waals surface area contributed by atoms with E-state index in [0.717, 1.165) is 42.8 Å². The maximum Gasteiger partial charge on any atom is 0.191 e. The van der Waals surface area contributed by atoms with Crippen LogP contribution in [0.2, 0.25) is 0 Å². The van der Waals surface area contributed by atoms with Crippen LogP contribution in [0, 0.1) is 5.92 Å². The van der Waals surface area contributed by atoms with E-state index in [-0.39, 0.29) is 0 Å². The Morgan fingerprint density at radius 2 is 2.23 bits per heavy atom. The van der Waals surface area contributed by atoms with Gasteiger partial charge in [0.05, 0.1) is 5.69 Å². The minimum atomic E-state index is 0.380. The number of hydrogen-bond donors (Lipinski definition) is 2. The predicted molar refractivity (Wildman–Crippen MR) is 107 cm³/mol. The van der Waals surface area contributed by atoms with Gasteiger partial charge in [-0.3, -0.25) is 0 Å². The number of rotatable bonds is 9. The highest BCUT2D eigenvalue weighted by Crippen LogP contribution is 2.16. The molecule has 148 valence electrons. The summed E-state index contributed by atoms with van der Waals surface area (Å²) in [4.78, 5) is 7.22. The van der Waals surface area contributed by atoms with Crippen molar-refractivity contribution in [1.82, 2.24) is 20.7 Å². The van der Waals surface area contributed by atoms with Crippen LogP contribution in [0.1, 0.15) is 70.8 Å². The molecule has 0 saturated carbocycles. The Morgan fingerprint density at radius 3 is 2.92 bits per heavy atom. The molecule has 1 saturated heterocycles. The molecule has 0 spiro atoms. The summed E-state index contributed by atoms with van der Waals surface area (Å²) in [7, 11) is 0. The number of aromatic nitrogens is 1. The minimum absolute atomic E-state index is 0.380. The molecule has 1 unspecified atom stereocenters. The van der Waals surface area contributed by atoms with Crippen molar-refractivity contribution in [3.05, 3.63) is 17.5 Å². The molecule has 1 atom stereocenters. The lowest BCUT2D eigenvalue weighted by Crippen LogP contribution is -2.38. The second-order valence-corrected chi connectivity index (χ2v) is 7.75. The highest BCUT2D eigenvalue weighted by molar-refractivity contribution is 5.79. The highest BCUT2D eigenvalue weighted by Gasteiger charge is 2.15. The van der Waals surface area contributed by atoms with Gasteiger partial charge in [0.1, 0.15) is 6.54 Å². The summed E-state index contributed by atoms with van der Waals surface area (Å²) in [6, 6.07) is 2.00. The van der Waals surface area contributed by atoms with Crippen molar-refractivity contribution in [2.75, 3.05) is 32.7 Å². The lowest BCUT2D eigenvalue weighted by Gasteiger charge is -2.30. The van der Waals surface area contributed by atoms with E-state index in [4.69, 9.17) is 4.52 Å². The Labute approximate surface area is 158 Å². The summed E-state index contributed by atoms with van der Waals surface area (Å²) in [5.74, 6) is 2.90. The van der Waals surface area contributed by atoms with Crippen molar-refractivity contribution in [3.63, 3.8) is 0 Å². The average molecular weight is 364 g/mol. The maximum absolute atomic E-state index is 5.36. The molecular formula is C20H37N5O. The summed E-state index contributed by atoms with van der Waals surface area (Å²) in [6.45, 7) is 14.8. The topological polar surface area (TPSA) is 65.7 Å². The molecule has 2 heterocycles. The van der Waals surface area contributed by atoms with E-state index >= 15 is 0 Å². The predicted octanol–water partition coefficient (Wildman–Crippen LogP) is 3.37. The molecule has 0 radical (unpaired) electrons. The fraction of sp³-hybridized carbons (Fsp3) is 0.800. The van der Waals surface area contributed by atoms with Gasteiger partial charge in [0.25, 0.3) is 0 Å². The molecule has 26 heavy (non-hydrogen) atoms. The van der Waals surface area contributed by atoms with Crippen molar-refractivity contribution in [2.45, 2.75) is 65.8 Å². The summed E-state index contributed by atoms with van der Waals surface area (Å²) >= 11 is 0. The van der Waals surface area contributed by atoms with Crippen LogP contribution in [0.3, 0.4) is 0 Å². The van der Waals surface area contributed by atoms with Crippen molar-refractivity contribution >= 4 is 5.96 Å². The van der Waals surface area contributed by atoms with E-state index in [1.165, 1.54) is 38.9 Å². The largest absolute Gasteiger partial charge is 0.359 e. The third-order valence-electron chi connectivity index (χ3n) is 4.84. The fourth-order valence-electron chi connectivity index (χ4n) is 3.33. The summed E-state index contributed by atoms with van der Waals surface area (Å²) in [6.07, 6.45) is 5.15. The van der Waals surface area contributed by atoms with Gasteiger partial charge in [-0.2, -0.15) is 0 Å². The van der Waals surface area contributed by atoms with Crippen molar-refractivity contribution < 1.29 is 4.52 Å². The molecule has 0 amide bonds. The number of unbranched alkanes of at least 4 members (excludes halogenated alkanes) is 1. The molecule has 1 fully saturated rings. The smallest absolute Gasteiger partial charge is 0.191 e. The molecule has 0 bridgehead atoms. The van der Waals surface area contributed by atoms with E-state index in [0.29, 0.717) is 12.5 Å². The fourth-order valence-corrected chi connectivity index (χ4v) is 3.33. The van der Waals surface area contributed by atoms with Gasteiger partial charge in [-0.15, -0.1) is 0 Å². The lowest BCUT2D eigenvalue weighted by atomic mass is 10.0. The molecule has 2 rings (SSSR count). The van der Waals surface area contributed by atoms with E-state index < -0.39 is 0 Å². The Morgan fingerprint density at radius 1 is 1.38 bits per heavy atom. The van der Waals surface area contributed by atoms with Gasteiger partial charge >= 0.3 is 0 Å². The van der Waals surface area contributed by atoms with Crippen LogP contribution in [-0.2, 0) is 6.54 Å². The monoisotopic (exact) mass is 363 g/mol. The number of likely N-dealkylation sites (tertiary alicyclic amines) is 1. The van der Waals surface area contributed by atoms with Crippen LogP contribution in [-0.4, -0.2) is 48.7 Å². The molecule has 6 heteroatoms. The van der Waals surface area contributed by atoms with Gasteiger partial charge in [-0.1, -0.05) is 25.9 Å². The van der Waals surface area contributed by atoms with Crippen LogP contribution >= 0.6 is 0 Å². The molecule has 2 N–H and O–H groups in total. The van der Waals surface area contributed by atoms with Crippen LogP contribution in [0.5, 0.6) is 0 Å². The zero-order chi connectivity index (χ0) is 18.8. The van der Waals surface area contributed by atoms with E-state index in [9.17, 15) is 0 Å². The zero-order valence-corrected chi connectivity index (χ0v) is 17.1. The highest BCUT2D eigenvalue weighted by atomic mass is 16.5. The van der Waals surface area contributed by atoms with Gasteiger partial charge < -0.3 is 20.1 Å². The number of guanidine groups is 1. The third-order valence-corrected chi connectivity index (χ3v) is 4.84. The van der Waals surface area contributed by atoms with Gasteiger partial charge in [0.2, 0.25) is 0 Å². The SMILES string of the molecule is CCNC(=NCc1cc(C(C)C)no1)NCCCCN1CCCC(C)C1. The third kappa shape index (κ3) is 7.36. The minimum Gasteiger partial charge on any atom is -0.359 e. The first kappa shape index (κ1) is 20.7. The normalized spacial score (nSPS) is 19.1. The average Bonchev–Trinajstić information content (AvgIpc) is 3.08. The first-order chi connectivity index (χ1) is 12.6. The van der Waals surface area contributed by atoms with Crippen molar-refractivity contribution in [2.24, 2.45) is 10.9 Å². The number of nitrogens with zero attached hydrogens (tertiary/aromatic N) is 3. The molecule has 6 nitrogen and oxygen atoms in total. The van der Waals surface area contributed by atoms with Crippen LogP contribution in [0.4, 0.5) is 0 Å². The molecule has 1 aliphatic heterocycles. The molecule has 1 aliphatic rings. The van der Waals surface area contributed by atoms with Crippen LogP contribution in [0.25, 0.3) is 0 Å². The first-order valence-electron chi connectivity index (χ1n) is 10.3. The van der Waals surface area contributed by atoms with E-state index in [1.54, 1.807) is 0 Å². The maximum atomic E-state index is 5.36. The van der Waals surface area contributed by atoms with Crippen LogP contribution < -0.4 is 10.6 Å². The van der Waals surface area contributed by atoms with Crippen LogP contribution in [0.15, 0.2) is 15.6 Å². The number of hydrogen-bond acceptors (Lipinski definition) is 4. The zero-order valence-electron chi connectivity index (χ0n) is 17.1. The van der Waals surface area contributed by atoms with Crippen molar-refractivity contribution in [3.8, 4) is 0 Å². The first-order valence-corrected chi connectivity index (χ1v) is 10.3. The van der Waals surface area contributed by atoms with E-state index in [1.807, 2.05) is 6.07 Å². The van der Waals surface area contributed by atoms with Gasteiger partial charge in [0, 0.05) is 25.7 Å². The molecule has 0 aliphatic carbocycles. The van der Waals surface area contributed by atoms with E-state index in [2.05, 4.69) is 53.4 Å². The number of nitrogens with one attached hydrogen (secondary N) is 2. The summed E-state index contributed by atoms with van der Waals surface area (Å²) in [5, 5.41) is 10.8. The Balaban J connectivity index is 1.68. The number of aliphatic imine (C=N–C) groups is 1. The molecule has 1 aromatic heterocycles. The van der Waals surface area contributed by atoms with Gasteiger partial charge in [-0.05, 0) is 57.5 Å². The summed E-state index contributed by atoms with van der Waals surface area (Å²) < 4.78 is 5.36. The Hall–Kier alpha value is -1.56. The summed E-state index contributed by atoms with van der Waals surface area (Å²) in [5.41, 5.74) is 0.986. The molecule has 1 aromatic rings. The number of piperidine rings is 1. The Bertz CT molecular complexity index is 540. The van der Waals surface area contributed by atoms with Crippen molar-refractivity contribution in [1.29, 1.82) is 0 Å². The standard InChI is InChI=1S/C20H37N5O/c1-5-21-20(23-14-18-13-19(16(2)3)24-26-18)22-10-6-7-11-25-12-8-9-17(4)15-25/h13,16-17H,5-12,14-15H2,1-4H3,(H2,21,22,23). The lowest BCUT2D eigenvalue weighted by molar-refractivity contribution is 0.181. The van der Waals surface area contributed by atoms with Gasteiger partial charge in [0.15, 0.2) is 11.7 Å². The van der Waals surface area contributed by atoms with Gasteiger partial charge in [-0.25, -0.2) is 4.99 Å². The quantitative estimate of drug-likeness (QED) is 0.400. The Kier molecular flexibility index (Phi) is 8.95.